The van der Waals surface area contributed by atoms with Gasteiger partial charge in [0.25, 0.3) is 5.56 Å². The van der Waals surface area contributed by atoms with E-state index >= 15 is 0 Å². The number of thioether (sulfide) groups is 1. The first-order valence-corrected chi connectivity index (χ1v) is 7.95. The second-order valence-electron chi connectivity index (χ2n) is 4.56. The smallest absolute Gasteiger partial charge is 0.251 e. The maximum absolute atomic E-state index is 12.2. The van der Waals surface area contributed by atoms with Crippen molar-refractivity contribution in [2.75, 3.05) is 13.1 Å². The summed E-state index contributed by atoms with van der Waals surface area (Å²) in [7, 11) is 0. The van der Waals surface area contributed by atoms with Gasteiger partial charge in [0.1, 0.15) is 0 Å². The van der Waals surface area contributed by atoms with Gasteiger partial charge in [-0.1, -0.05) is 25.1 Å². The largest absolute Gasteiger partial charge is 0.342 e. The second-order valence-corrected chi connectivity index (χ2v) is 5.89. The molecule has 1 atom stereocenters. The van der Waals surface area contributed by atoms with Crippen molar-refractivity contribution in [2.45, 2.75) is 50.9 Å². The topological polar surface area (TPSA) is 66.1 Å². The minimum Gasteiger partial charge on any atom is -0.342 e. The van der Waals surface area contributed by atoms with Crippen LogP contribution < -0.4 is 5.56 Å². The van der Waals surface area contributed by atoms with E-state index in [1.165, 1.54) is 17.8 Å². The lowest BCUT2D eigenvalue weighted by Gasteiger charge is -2.22. The molecule has 1 aromatic heterocycles. The van der Waals surface area contributed by atoms with Crippen LogP contribution in [0.5, 0.6) is 0 Å². The van der Waals surface area contributed by atoms with Gasteiger partial charge in [-0.05, 0) is 27.2 Å². The molecule has 1 heterocycles. The molecular weight excluding hydrogens is 274 g/mol. The molecule has 0 spiro atoms. The number of carbonyl (C=O) groups is 1. The Morgan fingerprint density at radius 2 is 2.05 bits per heavy atom. The zero-order valence-electron chi connectivity index (χ0n) is 12.6. The van der Waals surface area contributed by atoms with Crippen molar-refractivity contribution in [3.8, 4) is 0 Å². The molecule has 0 aliphatic rings. The quantitative estimate of drug-likeness (QED) is 0.618. The molecule has 6 heteroatoms. The molecule has 1 rings (SSSR count). The SMILES string of the molecule is CCCc1cc(=O)[nH]c(SC(C)C(=O)N(CC)CC)n1. The van der Waals surface area contributed by atoms with Gasteiger partial charge in [0.15, 0.2) is 5.16 Å². The summed E-state index contributed by atoms with van der Waals surface area (Å²) in [5.74, 6) is 0.0727. The van der Waals surface area contributed by atoms with Crippen LogP contribution >= 0.6 is 11.8 Å². The number of hydrogen-bond donors (Lipinski definition) is 1. The predicted molar refractivity (Wildman–Crippen MR) is 82.1 cm³/mol. The number of H-pyrrole nitrogens is 1. The fraction of sp³-hybridized carbons (Fsp3) is 0.643. The molecule has 0 radical (unpaired) electrons. The molecule has 0 saturated heterocycles. The third-order valence-electron chi connectivity index (χ3n) is 2.99. The van der Waals surface area contributed by atoms with Crippen molar-refractivity contribution in [2.24, 2.45) is 0 Å². The number of aromatic amines is 1. The Balaban J connectivity index is 2.82. The number of aryl methyl sites for hydroxylation is 1. The monoisotopic (exact) mass is 297 g/mol. The molecule has 1 unspecified atom stereocenters. The van der Waals surface area contributed by atoms with Crippen molar-refractivity contribution in [1.29, 1.82) is 0 Å². The lowest BCUT2D eigenvalue weighted by atomic mass is 10.2. The molecule has 20 heavy (non-hydrogen) atoms. The molecule has 1 aromatic rings. The van der Waals surface area contributed by atoms with Crippen LogP contribution in [0.3, 0.4) is 0 Å². The van der Waals surface area contributed by atoms with Gasteiger partial charge in [0.05, 0.1) is 5.25 Å². The Hall–Kier alpha value is -1.30. The van der Waals surface area contributed by atoms with Gasteiger partial charge >= 0.3 is 0 Å². The van der Waals surface area contributed by atoms with Crippen LogP contribution in [-0.4, -0.2) is 39.1 Å². The van der Waals surface area contributed by atoms with Crippen molar-refractivity contribution in [3.63, 3.8) is 0 Å². The van der Waals surface area contributed by atoms with Crippen LogP contribution in [0.2, 0.25) is 0 Å². The van der Waals surface area contributed by atoms with Crippen LogP contribution in [0.4, 0.5) is 0 Å². The highest BCUT2D eigenvalue weighted by molar-refractivity contribution is 8.00. The molecule has 0 aromatic carbocycles. The van der Waals surface area contributed by atoms with Crippen LogP contribution in [-0.2, 0) is 11.2 Å². The molecule has 0 aliphatic carbocycles. The van der Waals surface area contributed by atoms with Crippen molar-refractivity contribution in [1.82, 2.24) is 14.9 Å². The van der Waals surface area contributed by atoms with Crippen molar-refractivity contribution < 1.29 is 4.79 Å². The standard InChI is InChI=1S/C14H23N3O2S/c1-5-8-11-9-12(18)16-14(15-11)20-10(4)13(19)17(6-2)7-3/h9-10H,5-8H2,1-4H3,(H,15,16,18). The Morgan fingerprint density at radius 1 is 1.40 bits per heavy atom. The zero-order chi connectivity index (χ0) is 15.1. The first-order chi connectivity index (χ1) is 9.51. The molecule has 0 aliphatic heterocycles. The van der Waals surface area contributed by atoms with Gasteiger partial charge in [-0.25, -0.2) is 4.98 Å². The number of aromatic nitrogens is 2. The maximum Gasteiger partial charge on any atom is 0.251 e. The lowest BCUT2D eigenvalue weighted by Crippen LogP contribution is -2.36. The molecule has 1 N–H and O–H groups in total. The summed E-state index contributed by atoms with van der Waals surface area (Å²) >= 11 is 1.31. The molecule has 0 bridgehead atoms. The Labute approximate surface area is 124 Å². The van der Waals surface area contributed by atoms with Gasteiger partial charge in [-0.3, -0.25) is 9.59 Å². The number of hydrogen-bond acceptors (Lipinski definition) is 4. The van der Waals surface area contributed by atoms with E-state index < -0.39 is 0 Å². The van der Waals surface area contributed by atoms with E-state index in [1.807, 2.05) is 27.7 Å². The molecule has 112 valence electrons. The van der Waals surface area contributed by atoms with E-state index in [0.717, 1.165) is 18.5 Å². The predicted octanol–water partition coefficient (Wildman–Crippen LogP) is 2.07. The van der Waals surface area contributed by atoms with Crippen LogP contribution in [0, 0.1) is 0 Å². The summed E-state index contributed by atoms with van der Waals surface area (Å²) in [6, 6.07) is 1.52. The number of carbonyl (C=O) groups excluding carboxylic acids is 1. The highest BCUT2D eigenvalue weighted by atomic mass is 32.2. The Kier molecular flexibility index (Phi) is 6.78. The average Bonchev–Trinajstić information content (AvgIpc) is 2.39. The Morgan fingerprint density at radius 3 is 2.60 bits per heavy atom. The van der Waals surface area contributed by atoms with Gasteiger partial charge in [-0.15, -0.1) is 0 Å². The summed E-state index contributed by atoms with van der Waals surface area (Å²) in [6.07, 6.45) is 1.71. The van der Waals surface area contributed by atoms with Gasteiger partial charge in [0.2, 0.25) is 5.91 Å². The average molecular weight is 297 g/mol. The maximum atomic E-state index is 12.2. The van der Waals surface area contributed by atoms with E-state index in [2.05, 4.69) is 9.97 Å². The van der Waals surface area contributed by atoms with E-state index in [1.54, 1.807) is 4.90 Å². The first kappa shape index (κ1) is 16.8. The van der Waals surface area contributed by atoms with Crippen LogP contribution in [0.25, 0.3) is 0 Å². The third kappa shape index (κ3) is 4.67. The first-order valence-electron chi connectivity index (χ1n) is 7.07. The fourth-order valence-corrected chi connectivity index (χ4v) is 2.85. The lowest BCUT2D eigenvalue weighted by molar-refractivity contribution is -0.129. The fourth-order valence-electron chi connectivity index (χ4n) is 1.93. The summed E-state index contributed by atoms with van der Waals surface area (Å²) in [5.41, 5.74) is 0.620. The van der Waals surface area contributed by atoms with Crippen molar-refractivity contribution in [3.05, 3.63) is 22.1 Å². The summed E-state index contributed by atoms with van der Waals surface area (Å²) < 4.78 is 0. The van der Waals surface area contributed by atoms with E-state index in [-0.39, 0.29) is 16.7 Å². The molecule has 5 nitrogen and oxygen atoms in total. The van der Waals surface area contributed by atoms with E-state index in [0.29, 0.717) is 18.2 Å². The molecule has 0 fully saturated rings. The number of rotatable bonds is 7. The molecular formula is C14H23N3O2S. The highest BCUT2D eigenvalue weighted by Gasteiger charge is 2.20. The normalized spacial score (nSPS) is 12.2. The number of nitrogens with zero attached hydrogens (tertiary/aromatic N) is 2. The Bertz CT molecular complexity index is 497. The summed E-state index contributed by atoms with van der Waals surface area (Å²) in [4.78, 5) is 32.6. The zero-order valence-corrected chi connectivity index (χ0v) is 13.4. The molecule has 0 saturated carbocycles. The number of nitrogens with one attached hydrogen (secondary N) is 1. The number of amides is 1. The van der Waals surface area contributed by atoms with E-state index in [4.69, 9.17) is 0 Å². The molecule has 1 amide bonds. The third-order valence-corrected chi connectivity index (χ3v) is 3.96. The van der Waals surface area contributed by atoms with Crippen LogP contribution in [0.1, 0.15) is 39.8 Å². The highest BCUT2D eigenvalue weighted by Crippen LogP contribution is 2.20. The summed E-state index contributed by atoms with van der Waals surface area (Å²) in [6.45, 7) is 9.20. The second kappa shape index (κ2) is 8.09. The van der Waals surface area contributed by atoms with Gasteiger partial charge in [0, 0.05) is 24.8 Å². The van der Waals surface area contributed by atoms with Crippen LogP contribution in [0.15, 0.2) is 16.0 Å². The summed E-state index contributed by atoms with van der Waals surface area (Å²) in [5, 5.41) is 0.267. The minimum atomic E-state index is -0.255. The van der Waals surface area contributed by atoms with Gasteiger partial charge < -0.3 is 9.88 Å². The minimum absolute atomic E-state index is 0.0727. The van der Waals surface area contributed by atoms with Gasteiger partial charge in [-0.2, -0.15) is 0 Å². The van der Waals surface area contributed by atoms with E-state index in [9.17, 15) is 9.59 Å². The van der Waals surface area contributed by atoms with Crippen molar-refractivity contribution >= 4 is 17.7 Å².